The minimum Gasteiger partial charge on any atom is -0.409 e. The van der Waals surface area contributed by atoms with Gasteiger partial charge in [-0.3, -0.25) is 0 Å². The molecule has 0 saturated heterocycles. The Hall–Kier alpha value is -1.23. The molecule has 0 aliphatic heterocycles. The Bertz CT molecular complexity index is 444. The number of nitrogens with two attached hydrogens (primary N) is 1. The average Bonchev–Trinajstić information content (AvgIpc) is 2.30. The summed E-state index contributed by atoms with van der Waals surface area (Å²) in [7, 11) is 0. The number of hydrogen-bond donors (Lipinski definition) is 3. The fourth-order valence-corrected chi connectivity index (χ4v) is 2.07. The minimum atomic E-state index is -0.314. The number of anilines is 1. The van der Waals surface area contributed by atoms with Gasteiger partial charge >= 0.3 is 0 Å². The van der Waals surface area contributed by atoms with Crippen molar-refractivity contribution in [2.24, 2.45) is 16.3 Å². The van der Waals surface area contributed by atoms with Gasteiger partial charge in [0.1, 0.15) is 5.84 Å². The lowest BCUT2D eigenvalue weighted by molar-refractivity contribution is 0.306. The van der Waals surface area contributed by atoms with Crippen LogP contribution in [-0.4, -0.2) is 17.6 Å². The molecule has 1 aromatic rings. The van der Waals surface area contributed by atoms with E-state index in [-0.39, 0.29) is 11.3 Å². The number of hydrogen-bond acceptors (Lipinski definition) is 3. The van der Waals surface area contributed by atoms with Crippen LogP contribution in [0.2, 0.25) is 0 Å². The number of oxime groups is 1. The zero-order valence-electron chi connectivity index (χ0n) is 11.0. The van der Waals surface area contributed by atoms with Crippen LogP contribution in [0.1, 0.15) is 25.8 Å². The maximum Gasteiger partial charge on any atom is 0.144 e. The number of benzene rings is 1. The third kappa shape index (κ3) is 3.91. The van der Waals surface area contributed by atoms with E-state index < -0.39 is 0 Å². The van der Waals surface area contributed by atoms with Crippen LogP contribution in [0.5, 0.6) is 0 Å². The van der Waals surface area contributed by atoms with Crippen molar-refractivity contribution < 1.29 is 5.21 Å². The number of nitrogens with zero attached hydrogens (tertiary/aromatic N) is 1. The molecule has 0 spiro atoms. The molecule has 100 valence electrons. The second kappa shape index (κ2) is 6.09. The third-order valence-corrected chi connectivity index (χ3v) is 3.55. The quantitative estimate of drug-likeness (QED) is 0.338. The van der Waals surface area contributed by atoms with Gasteiger partial charge in [0.05, 0.1) is 0 Å². The summed E-state index contributed by atoms with van der Waals surface area (Å²) >= 11 is 3.44. The molecular formula is C13H20BrN3O. The van der Waals surface area contributed by atoms with Gasteiger partial charge in [-0.25, -0.2) is 0 Å². The van der Waals surface area contributed by atoms with E-state index >= 15 is 0 Å². The summed E-state index contributed by atoms with van der Waals surface area (Å²) in [6, 6.07) is 6.11. The van der Waals surface area contributed by atoms with Gasteiger partial charge in [-0.05, 0) is 37.1 Å². The Labute approximate surface area is 116 Å². The molecule has 0 aliphatic rings. The van der Waals surface area contributed by atoms with E-state index in [0.29, 0.717) is 0 Å². The molecule has 0 aliphatic carbocycles. The van der Waals surface area contributed by atoms with E-state index in [1.807, 2.05) is 26.0 Å². The molecule has 0 heterocycles. The Morgan fingerprint density at radius 1 is 1.50 bits per heavy atom. The minimum absolute atomic E-state index is 0.261. The molecule has 1 aromatic carbocycles. The third-order valence-electron chi connectivity index (χ3n) is 3.06. The van der Waals surface area contributed by atoms with Gasteiger partial charge in [-0.1, -0.05) is 34.9 Å². The zero-order valence-corrected chi connectivity index (χ0v) is 12.6. The summed E-state index contributed by atoms with van der Waals surface area (Å²) in [4.78, 5) is 0. The molecule has 0 atom stereocenters. The van der Waals surface area contributed by atoms with Gasteiger partial charge in [0.15, 0.2) is 0 Å². The van der Waals surface area contributed by atoms with E-state index in [2.05, 4.69) is 39.4 Å². The summed E-state index contributed by atoms with van der Waals surface area (Å²) in [5.74, 6) is 0.261. The van der Waals surface area contributed by atoms with Gasteiger partial charge in [0.2, 0.25) is 0 Å². The van der Waals surface area contributed by atoms with Crippen LogP contribution in [0.15, 0.2) is 27.8 Å². The van der Waals surface area contributed by atoms with Crippen LogP contribution in [0, 0.1) is 12.3 Å². The number of rotatable bonds is 5. The van der Waals surface area contributed by atoms with Crippen molar-refractivity contribution in [3.63, 3.8) is 0 Å². The Morgan fingerprint density at radius 2 is 2.17 bits per heavy atom. The van der Waals surface area contributed by atoms with Gasteiger partial charge in [0.25, 0.3) is 0 Å². The molecule has 0 aromatic heterocycles. The van der Waals surface area contributed by atoms with Gasteiger partial charge in [-0.2, -0.15) is 0 Å². The highest BCUT2D eigenvalue weighted by atomic mass is 79.9. The highest BCUT2D eigenvalue weighted by Crippen LogP contribution is 2.23. The maximum atomic E-state index is 8.70. The SMILES string of the molecule is Cc1cc(Br)ccc1NCCC(C)(C)C(N)=NO. The molecule has 0 bridgehead atoms. The first kappa shape index (κ1) is 14.8. The average molecular weight is 314 g/mol. The van der Waals surface area contributed by atoms with Crippen molar-refractivity contribution in [3.05, 3.63) is 28.2 Å². The second-order valence-corrected chi connectivity index (χ2v) is 5.92. The second-order valence-electron chi connectivity index (χ2n) is 5.01. The van der Waals surface area contributed by atoms with Crippen molar-refractivity contribution in [1.82, 2.24) is 0 Å². The number of nitrogens with one attached hydrogen (secondary N) is 1. The lowest BCUT2D eigenvalue weighted by Gasteiger charge is -2.23. The van der Waals surface area contributed by atoms with Crippen molar-refractivity contribution in [1.29, 1.82) is 0 Å². The van der Waals surface area contributed by atoms with Crippen molar-refractivity contribution in [3.8, 4) is 0 Å². The first-order valence-electron chi connectivity index (χ1n) is 5.85. The molecule has 4 N–H and O–H groups in total. The van der Waals surface area contributed by atoms with E-state index in [1.54, 1.807) is 0 Å². The fourth-order valence-electron chi connectivity index (χ4n) is 1.60. The van der Waals surface area contributed by atoms with E-state index in [4.69, 9.17) is 10.9 Å². The molecule has 0 saturated carbocycles. The molecule has 0 radical (unpaired) electrons. The van der Waals surface area contributed by atoms with Crippen molar-refractivity contribution in [2.75, 3.05) is 11.9 Å². The first-order valence-corrected chi connectivity index (χ1v) is 6.64. The van der Waals surface area contributed by atoms with Crippen molar-refractivity contribution >= 4 is 27.5 Å². The number of aryl methyl sites for hydroxylation is 1. The number of halogens is 1. The Balaban J connectivity index is 2.57. The lowest BCUT2D eigenvalue weighted by Crippen LogP contribution is -2.33. The van der Waals surface area contributed by atoms with Crippen LogP contribution in [0.25, 0.3) is 0 Å². The predicted molar refractivity (Wildman–Crippen MR) is 79.2 cm³/mol. The largest absolute Gasteiger partial charge is 0.409 e. The summed E-state index contributed by atoms with van der Waals surface area (Å²) in [6.07, 6.45) is 0.790. The molecule has 0 unspecified atom stereocenters. The van der Waals surface area contributed by atoms with Gasteiger partial charge < -0.3 is 16.3 Å². The highest BCUT2D eigenvalue weighted by molar-refractivity contribution is 9.10. The Kier molecular flexibility index (Phi) is 5.02. The van der Waals surface area contributed by atoms with Crippen LogP contribution < -0.4 is 11.1 Å². The van der Waals surface area contributed by atoms with E-state index in [1.165, 1.54) is 5.56 Å². The summed E-state index contributed by atoms with van der Waals surface area (Å²) < 4.78 is 1.07. The normalized spacial score (nSPS) is 12.6. The first-order chi connectivity index (χ1) is 8.36. The monoisotopic (exact) mass is 313 g/mol. The maximum absolute atomic E-state index is 8.70. The highest BCUT2D eigenvalue weighted by Gasteiger charge is 2.22. The van der Waals surface area contributed by atoms with Crippen LogP contribution in [0.4, 0.5) is 5.69 Å². The molecule has 1 rings (SSSR count). The van der Waals surface area contributed by atoms with Crippen LogP contribution in [0.3, 0.4) is 0 Å². The van der Waals surface area contributed by atoms with Crippen molar-refractivity contribution in [2.45, 2.75) is 27.2 Å². The molecule has 0 amide bonds. The van der Waals surface area contributed by atoms with Crippen LogP contribution >= 0.6 is 15.9 Å². The summed E-state index contributed by atoms with van der Waals surface area (Å²) in [5.41, 5.74) is 7.62. The molecule has 0 fully saturated rings. The van der Waals surface area contributed by atoms with Crippen LogP contribution in [-0.2, 0) is 0 Å². The van der Waals surface area contributed by atoms with E-state index in [9.17, 15) is 0 Å². The summed E-state index contributed by atoms with van der Waals surface area (Å²) in [6.45, 7) is 6.74. The summed E-state index contributed by atoms with van der Waals surface area (Å²) in [5, 5.41) is 15.1. The molecule has 18 heavy (non-hydrogen) atoms. The Morgan fingerprint density at radius 3 is 2.72 bits per heavy atom. The zero-order chi connectivity index (χ0) is 13.8. The topological polar surface area (TPSA) is 70.6 Å². The van der Waals surface area contributed by atoms with Gasteiger partial charge in [-0.15, -0.1) is 0 Å². The van der Waals surface area contributed by atoms with Gasteiger partial charge in [0, 0.05) is 22.1 Å². The standard InChI is InChI=1S/C13H20BrN3O/c1-9-8-10(14)4-5-11(9)16-7-6-13(2,3)12(15)17-18/h4-5,8,16,18H,6-7H2,1-3H3,(H2,15,17). The molecule has 5 heteroatoms. The predicted octanol–water partition coefficient (Wildman–Crippen LogP) is 3.33. The smallest absolute Gasteiger partial charge is 0.144 e. The molecular weight excluding hydrogens is 294 g/mol. The van der Waals surface area contributed by atoms with E-state index in [0.717, 1.165) is 23.1 Å². The fraction of sp³-hybridized carbons (Fsp3) is 0.462. The molecule has 4 nitrogen and oxygen atoms in total. The lowest BCUT2D eigenvalue weighted by atomic mass is 9.88. The number of amidine groups is 1.